The summed E-state index contributed by atoms with van der Waals surface area (Å²) in [5.74, 6) is -0.941. The van der Waals surface area contributed by atoms with Gasteiger partial charge in [-0.1, -0.05) is 0 Å². The van der Waals surface area contributed by atoms with E-state index in [-0.39, 0.29) is 18.8 Å². The van der Waals surface area contributed by atoms with Crippen molar-refractivity contribution in [3.63, 3.8) is 0 Å². The van der Waals surface area contributed by atoms with Crippen molar-refractivity contribution in [2.24, 2.45) is 5.73 Å². The van der Waals surface area contributed by atoms with E-state index in [1.54, 1.807) is 11.9 Å². The van der Waals surface area contributed by atoms with E-state index >= 15 is 0 Å². The maximum absolute atomic E-state index is 12.6. The molecule has 1 aromatic rings. The van der Waals surface area contributed by atoms with Gasteiger partial charge in [0.25, 0.3) is 0 Å². The summed E-state index contributed by atoms with van der Waals surface area (Å²) in [6.45, 7) is 2.11. The summed E-state index contributed by atoms with van der Waals surface area (Å²) in [7, 11) is 1.73. The zero-order valence-corrected chi connectivity index (χ0v) is 12.8. The molecule has 2 heterocycles. The average Bonchev–Trinajstić information content (AvgIpc) is 2.80. The highest BCUT2D eigenvalue weighted by molar-refractivity contribution is 5.82. The SMILES string of the molecule is Cc1cc(C(F)(F)F)nn1CC(=O)N1CCN(C)C(C(N)=O)C1. The molecule has 1 atom stereocenters. The van der Waals surface area contributed by atoms with Crippen molar-refractivity contribution in [3.05, 3.63) is 17.5 Å². The number of hydrogen-bond donors (Lipinski definition) is 1. The fourth-order valence-corrected chi connectivity index (χ4v) is 2.44. The Bertz CT molecular complexity index is 613. The van der Waals surface area contributed by atoms with Crippen LogP contribution < -0.4 is 5.73 Å². The van der Waals surface area contributed by atoms with Gasteiger partial charge >= 0.3 is 6.18 Å². The number of primary amides is 1. The molecule has 2 amide bonds. The molecule has 2 N–H and O–H groups in total. The van der Waals surface area contributed by atoms with E-state index in [4.69, 9.17) is 5.73 Å². The quantitative estimate of drug-likeness (QED) is 0.833. The van der Waals surface area contributed by atoms with Crippen LogP contribution in [0.5, 0.6) is 0 Å². The number of hydrogen-bond acceptors (Lipinski definition) is 4. The first kappa shape index (κ1) is 17.3. The molecule has 23 heavy (non-hydrogen) atoms. The van der Waals surface area contributed by atoms with Crippen molar-refractivity contribution in [2.75, 3.05) is 26.7 Å². The largest absolute Gasteiger partial charge is 0.435 e. The van der Waals surface area contributed by atoms with Crippen LogP contribution in [0, 0.1) is 6.92 Å². The number of carbonyl (C=O) groups is 2. The van der Waals surface area contributed by atoms with Gasteiger partial charge in [0.2, 0.25) is 11.8 Å². The predicted octanol–water partition coefficient (Wildman–Crippen LogP) is -0.162. The molecule has 1 saturated heterocycles. The molecule has 10 heteroatoms. The lowest BCUT2D eigenvalue weighted by Gasteiger charge is -2.37. The van der Waals surface area contributed by atoms with Crippen molar-refractivity contribution in [2.45, 2.75) is 25.7 Å². The Balaban J connectivity index is 2.08. The number of halogens is 3. The second-order valence-electron chi connectivity index (χ2n) is 5.56. The number of rotatable bonds is 3. The average molecular weight is 333 g/mol. The minimum atomic E-state index is -4.55. The summed E-state index contributed by atoms with van der Waals surface area (Å²) in [6.07, 6.45) is -4.55. The maximum atomic E-state index is 12.6. The minimum absolute atomic E-state index is 0.122. The van der Waals surface area contributed by atoms with Crippen LogP contribution in [0.4, 0.5) is 13.2 Å². The van der Waals surface area contributed by atoms with E-state index in [2.05, 4.69) is 5.10 Å². The number of alkyl halides is 3. The first-order chi connectivity index (χ1) is 10.6. The highest BCUT2D eigenvalue weighted by Crippen LogP contribution is 2.28. The standard InChI is InChI=1S/C13H18F3N5O2/c1-8-5-10(13(14,15)16)18-21(8)7-11(22)20-4-3-19(2)9(6-20)12(17)23/h5,9H,3-4,6-7H2,1-2H3,(H2,17,23). The molecule has 0 bridgehead atoms. The number of nitrogens with two attached hydrogens (primary N) is 1. The van der Waals surface area contributed by atoms with E-state index in [9.17, 15) is 22.8 Å². The van der Waals surface area contributed by atoms with Crippen molar-refractivity contribution in [1.82, 2.24) is 19.6 Å². The van der Waals surface area contributed by atoms with E-state index in [0.717, 1.165) is 10.7 Å². The molecule has 2 rings (SSSR count). The number of likely N-dealkylation sites (N-methyl/N-ethyl adjacent to an activating group) is 1. The molecule has 0 aromatic carbocycles. The number of aromatic nitrogens is 2. The highest BCUT2D eigenvalue weighted by Gasteiger charge is 2.35. The van der Waals surface area contributed by atoms with Crippen LogP contribution >= 0.6 is 0 Å². The Morgan fingerprint density at radius 1 is 1.39 bits per heavy atom. The molecule has 1 aliphatic heterocycles. The fraction of sp³-hybridized carbons (Fsp3) is 0.615. The number of aryl methyl sites for hydroxylation is 1. The lowest BCUT2D eigenvalue weighted by atomic mass is 10.1. The van der Waals surface area contributed by atoms with Crippen molar-refractivity contribution < 1.29 is 22.8 Å². The van der Waals surface area contributed by atoms with Gasteiger partial charge in [-0.2, -0.15) is 18.3 Å². The van der Waals surface area contributed by atoms with Crippen LogP contribution in [0.1, 0.15) is 11.4 Å². The fourth-order valence-electron chi connectivity index (χ4n) is 2.44. The zero-order valence-electron chi connectivity index (χ0n) is 12.8. The number of piperazine rings is 1. The van der Waals surface area contributed by atoms with E-state index in [1.807, 2.05) is 0 Å². The molecule has 128 valence electrons. The van der Waals surface area contributed by atoms with Crippen LogP contribution in [0.25, 0.3) is 0 Å². The van der Waals surface area contributed by atoms with Crippen LogP contribution in [0.15, 0.2) is 6.07 Å². The number of nitrogens with zero attached hydrogens (tertiary/aromatic N) is 4. The van der Waals surface area contributed by atoms with Crippen LogP contribution in [0.2, 0.25) is 0 Å². The van der Waals surface area contributed by atoms with E-state index < -0.39 is 29.7 Å². The topological polar surface area (TPSA) is 84.5 Å². The van der Waals surface area contributed by atoms with Crippen LogP contribution in [0.3, 0.4) is 0 Å². The van der Waals surface area contributed by atoms with Gasteiger partial charge in [0.1, 0.15) is 12.6 Å². The van der Waals surface area contributed by atoms with Crippen LogP contribution in [-0.2, 0) is 22.3 Å². The molecule has 0 aliphatic carbocycles. The molecule has 0 radical (unpaired) electrons. The van der Waals surface area contributed by atoms with Gasteiger partial charge in [-0.3, -0.25) is 19.2 Å². The highest BCUT2D eigenvalue weighted by atomic mass is 19.4. The third-order valence-electron chi connectivity index (χ3n) is 3.89. The van der Waals surface area contributed by atoms with Crippen LogP contribution in [-0.4, -0.2) is 64.1 Å². The molecule has 0 saturated carbocycles. The van der Waals surface area contributed by atoms with Gasteiger partial charge in [-0.15, -0.1) is 0 Å². The van der Waals surface area contributed by atoms with Gasteiger partial charge in [-0.25, -0.2) is 0 Å². The zero-order chi connectivity index (χ0) is 17.4. The Hall–Kier alpha value is -2.10. The monoisotopic (exact) mass is 333 g/mol. The third kappa shape index (κ3) is 3.81. The van der Waals surface area contributed by atoms with E-state index in [1.165, 1.54) is 11.8 Å². The molecule has 1 fully saturated rings. The summed E-state index contributed by atoms with van der Waals surface area (Å²) < 4.78 is 38.9. The van der Waals surface area contributed by atoms with Gasteiger partial charge < -0.3 is 10.6 Å². The van der Waals surface area contributed by atoms with Crippen molar-refractivity contribution >= 4 is 11.8 Å². The second kappa shape index (κ2) is 6.19. The minimum Gasteiger partial charge on any atom is -0.368 e. The molecule has 1 aromatic heterocycles. The number of amides is 2. The van der Waals surface area contributed by atoms with Gasteiger partial charge in [0.15, 0.2) is 5.69 Å². The second-order valence-corrected chi connectivity index (χ2v) is 5.56. The lowest BCUT2D eigenvalue weighted by Crippen LogP contribution is -2.58. The molecule has 7 nitrogen and oxygen atoms in total. The Morgan fingerprint density at radius 3 is 2.57 bits per heavy atom. The summed E-state index contributed by atoms with van der Waals surface area (Å²) in [5.41, 5.74) is 4.50. The Labute approximate surface area is 130 Å². The molecular weight excluding hydrogens is 315 g/mol. The Kier molecular flexibility index (Phi) is 4.64. The summed E-state index contributed by atoms with van der Waals surface area (Å²) in [5, 5.41) is 3.43. The summed E-state index contributed by atoms with van der Waals surface area (Å²) in [4.78, 5) is 26.8. The normalized spacial score (nSPS) is 19.9. The lowest BCUT2D eigenvalue weighted by molar-refractivity contribution is -0.142. The third-order valence-corrected chi connectivity index (χ3v) is 3.89. The first-order valence-electron chi connectivity index (χ1n) is 6.98. The van der Waals surface area contributed by atoms with E-state index in [0.29, 0.717) is 13.1 Å². The van der Waals surface area contributed by atoms with Gasteiger partial charge in [0.05, 0.1) is 0 Å². The molecule has 1 aliphatic rings. The molecule has 0 spiro atoms. The summed E-state index contributed by atoms with van der Waals surface area (Å²) in [6, 6.07) is 0.292. The first-order valence-corrected chi connectivity index (χ1v) is 6.98. The maximum Gasteiger partial charge on any atom is 0.435 e. The Morgan fingerprint density at radius 2 is 2.04 bits per heavy atom. The number of carbonyl (C=O) groups excluding carboxylic acids is 2. The predicted molar refractivity (Wildman–Crippen MR) is 74.2 cm³/mol. The van der Waals surface area contributed by atoms with Gasteiger partial charge in [0, 0.05) is 25.3 Å². The smallest absolute Gasteiger partial charge is 0.368 e. The van der Waals surface area contributed by atoms with Crippen molar-refractivity contribution in [1.29, 1.82) is 0 Å². The molecule has 1 unspecified atom stereocenters. The van der Waals surface area contributed by atoms with Gasteiger partial charge in [-0.05, 0) is 20.0 Å². The summed E-state index contributed by atoms with van der Waals surface area (Å²) >= 11 is 0. The molecular formula is C13H18F3N5O2. The van der Waals surface area contributed by atoms with Crippen molar-refractivity contribution in [3.8, 4) is 0 Å².